The van der Waals surface area contributed by atoms with E-state index in [1.54, 1.807) is 35.5 Å². The summed E-state index contributed by atoms with van der Waals surface area (Å²) >= 11 is 3.27. The molecule has 0 bridgehead atoms. The van der Waals surface area contributed by atoms with E-state index in [-0.39, 0.29) is 24.3 Å². The summed E-state index contributed by atoms with van der Waals surface area (Å²) in [7, 11) is -8.18. The number of thioether (sulfide) groups is 1. The molecule has 1 aliphatic rings. The lowest BCUT2D eigenvalue weighted by Crippen LogP contribution is -2.36. The van der Waals surface area contributed by atoms with Crippen molar-refractivity contribution in [1.29, 1.82) is 0 Å². The minimum Gasteiger partial charge on any atom is -0.334 e. The lowest BCUT2D eigenvalue weighted by molar-refractivity contribution is -0.667. The zero-order chi connectivity index (χ0) is 36.0. The molecule has 0 saturated heterocycles. The largest absolute Gasteiger partial charge is 0.334 e. The molecule has 0 radical (unpaired) electrons. The number of anilines is 1. The van der Waals surface area contributed by atoms with Crippen molar-refractivity contribution in [2.75, 3.05) is 23.0 Å². The number of hydrogen-bond donors (Lipinski definition) is 2. The van der Waals surface area contributed by atoms with Gasteiger partial charge in [0.15, 0.2) is 6.54 Å². The molecule has 0 spiro atoms. The molecule has 9 nitrogen and oxygen atoms in total. The fourth-order valence-electron chi connectivity index (χ4n) is 6.09. The molecular formula is C38H38N3O6S4+. The number of fused-ring (bicyclic) bond motifs is 6. The van der Waals surface area contributed by atoms with Gasteiger partial charge in [0.05, 0.1) is 27.6 Å². The number of aromatic nitrogens is 2. The molecule has 0 atom stereocenters. The third-order valence-corrected chi connectivity index (χ3v) is 12.2. The van der Waals surface area contributed by atoms with Gasteiger partial charge in [-0.2, -0.15) is 21.4 Å². The molecule has 2 N–H and O–H groups in total. The number of hydrogen-bond acceptors (Lipinski definition) is 8. The van der Waals surface area contributed by atoms with Crippen molar-refractivity contribution >= 4 is 86.9 Å². The minimum absolute atomic E-state index is 0.266. The third kappa shape index (κ3) is 9.23. The van der Waals surface area contributed by atoms with Crippen LogP contribution in [0.5, 0.6) is 0 Å². The smallest absolute Gasteiger partial charge is 0.265 e. The highest BCUT2D eigenvalue weighted by Gasteiger charge is 2.28. The van der Waals surface area contributed by atoms with Crippen molar-refractivity contribution in [2.45, 2.75) is 37.6 Å². The molecule has 0 amide bonds. The molecule has 7 rings (SSSR count). The summed E-state index contributed by atoms with van der Waals surface area (Å²) in [5.41, 5.74) is 3.11. The molecule has 51 heavy (non-hydrogen) atoms. The molecule has 3 heterocycles. The van der Waals surface area contributed by atoms with E-state index in [1.165, 1.54) is 0 Å². The van der Waals surface area contributed by atoms with Crippen molar-refractivity contribution in [3.8, 4) is 0 Å². The van der Waals surface area contributed by atoms with Gasteiger partial charge in [-0.15, -0.1) is 0 Å². The van der Waals surface area contributed by atoms with Crippen LogP contribution in [0.3, 0.4) is 0 Å². The number of rotatable bonds is 11. The van der Waals surface area contributed by atoms with Gasteiger partial charge in [0.25, 0.3) is 25.2 Å². The van der Waals surface area contributed by atoms with Gasteiger partial charge in [-0.05, 0) is 65.6 Å². The van der Waals surface area contributed by atoms with Crippen LogP contribution in [0, 0.1) is 0 Å². The fraction of sp³-hybridized carbons (Fsp3) is 0.211. The van der Waals surface area contributed by atoms with Crippen LogP contribution in [0.4, 0.5) is 5.69 Å². The van der Waals surface area contributed by atoms with Crippen LogP contribution < -0.4 is 9.47 Å². The van der Waals surface area contributed by atoms with Gasteiger partial charge in [-0.25, -0.2) is 0 Å². The predicted molar refractivity (Wildman–Crippen MR) is 209 cm³/mol. The first-order valence-electron chi connectivity index (χ1n) is 16.5. The highest BCUT2D eigenvalue weighted by atomic mass is 32.2. The van der Waals surface area contributed by atoms with E-state index < -0.39 is 20.2 Å². The minimum atomic E-state index is -4.09. The van der Waals surface area contributed by atoms with E-state index in [0.717, 1.165) is 64.4 Å². The molecule has 0 saturated carbocycles. The Kier molecular flexibility index (Phi) is 11.5. The summed E-state index contributed by atoms with van der Waals surface area (Å²) < 4.78 is 68.2. The van der Waals surface area contributed by atoms with Crippen LogP contribution in [0.1, 0.15) is 31.2 Å². The van der Waals surface area contributed by atoms with Gasteiger partial charge in [-0.3, -0.25) is 14.1 Å². The Hall–Kier alpha value is -4.11. The Labute approximate surface area is 306 Å². The van der Waals surface area contributed by atoms with E-state index in [1.807, 2.05) is 42.5 Å². The summed E-state index contributed by atoms with van der Waals surface area (Å²) in [4.78, 5) is 7.01. The van der Waals surface area contributed by atoms with Gasteiger partial charge in [0.1, 0.15) is 4.70 Å². The topological polar surface area (TPSA) is 129 Å². The first-order chi connectivity index (χ1) is 24.5. The Morgan fingerprint density at radius 1 is 0.804 bits per heavy atom. The van der Waals surface area contributed by atoms with E-state index >= 15 is 0 Å². The summed E-state index contributed by atoms with van der Waals surface area (Å²) in [6.07, 6.45) is 9.03. The van der Waals surface area contributed by atoms with Gasteiger partial charge >= 0.3 is 0 Å². The van der Waals surface area contributed by atoms with Crippen LogP contribution in [-0.4, -0.2) is 49.0 Å². The van der Waals surface area contributed by atoms with Crippen LogP contribution in [-0.2, 0) is 26.8 Å². The van der Waals surface area contributed by atoms with E-state index in [9.17, 15) is 25.9 Å². The normalized spacial score (nSPS) is 14.3. The summed E-state index contributed by atoms with van der Waals surface area (Å²) in [5.74, 6) is -0.644. The number of aryl methyl sites for hydroxylation is 1. The van der Waals surface area contributed by atoms with Crippen molar-refractivity contribution < 1.29 is 30.5 Å². The van der Waals surface area contributed by atoms with Gasteiger partial charge in [0, 0.05) is 41.7 Å². The molecule has 1 aliphatic heterocycles. The zero-order valence-corrected chi connectivity index (χ0v) is 31.2. The van der Waals surface area contributed by atoms with Gasteiger partial charge in [-0.1, -0.05) is 90.7 Å². The SMILES string of the molecule is CCC(/C=C1\Sc2ccc3ccccc3c2N1CCCS(=O)(=O)O)=C\c1sc2ccc3ccccc3c2[n+]1CCCS(=O)(=O)O.c1ccncc1. The predicted octanol–water partition coefficient (Wildman–Crippen LogP) is 8.38. The highest BCUT2D eigenvalue weighted by Crippen LogP contribution is 2.50. The second kappa shape index (κ2) is 16.1. The molecule has 13 heteroatoms. The van der Waals surface area contributed by atoms with E-state index in [4.69, 9.17) is 0 Å². The van der Waals surface area contributed by atoms with Crippen molar-refractivity contribution in [1.82, 2.24) is 4.98 Å². The summed E-state index contributed by atoms with van der Waals surface area (Å²) in [6, 6.07) is 30.3. The molecule has 0 fully saturated rings. The number of thiazole rings is 1. The van der Waals surface area contributed by atoms with Gasteiger partial charge in [0.2, 0.25) is 5.52 Å². The Morgan fingerprint density at radius 2 is 1.45 bits per heavy atom. The molecule has 0 aliphatic carbocycles. The Balaban J connectivity index is 0.000000677. The monoisotopic (exact) mass is 760 g/mol. The second-order valence-corrected chi connectivity index (χ2v) is 17.2. The maximum absolute atomic E-state index is 11.5. The fourth-order valence-corrected chi connectivity index (χ4v) is 9.44. The lowest BCUT2D eigenvalue weighted by atomic mass is 10.1. The highest BCUT2D eigenvalue weighted by molar-refractivity contribution is 8.03. The third-order valence-electron chi connectivity index (χ3n) is 8.39. The molecular weight excluding hydrogens is 723 g/mol. The summed E-state index contributed by atoms with van der Waals surface area (Å²) in [5, 5.41) is 6.27. The number of nitrogens with zero attached hydrogens (tertiary/aromatic N) is 3. The van der Waals surface area contributed by atoms with Crippen molar-refractivity contribution in [3.63, 3.8) is 0 Å². The quantitative estimate of drug-likeness (QED) is 0.0989. The van der Waals surface area contributed by atoms with Gasteiger partial charge < -0.3 is 4.90 Å². The average molecular weight is 761 g/mol. The summed E-state index contributed by atoms with van der Waals surface area (Å²) in [6.45, 7) is 2.92. The van der Waals surface area contributed by atoms with E-state index in [2.05, 4.69) is 82.1 Å². The maximum Gasteiger partial charge on any atom is 0.265 e. The lowest BCUT2D eigenvalue weighted by Gasteiger charge is -2.22. The first kappa shape index (κ1) is 36.7. The first-order valence-corrected chi connectivity index (χ1v) is 21.3. The van der Waals surface area contributed by atoms with Crippen molar-refractivity contribution in [3.05, 3.63) is 125 Å². The molecule has 6 aromatic rings. The standard InChI is InChI=1S/C33H32N2O6S4.C5H5N/c1-2-23(21-30-34(17-7-19-44(36,37)38)32-26-11-5-3-9-24(26)13-15-28(32)42-30)22-31-35(18-8-20-45(39,40)41)33-27-12-6-4-10-25(27)14-16-29(33)43-31;1-2-4-6-5-3-1/h3-6,9-16,21-22H,2,7-8,17-20H2,1H3,(H-,36,37,38,39,40,41);1-5H/p+1. The van der Waals surface area contributed by atoms with Crippen molar-refractivity contribution in [2.24, 2.45) is 0 Å². The average Bonchev–Trinajstić information content (AvgIpc) is 3.65. The molecule has 2 aromatic heterocycles. The maximum atomic E-state index is 11.5. The number of benzene rings is 4. The number of allylic oxidation sites excluding steroid dienone is 2. The Morgan fingerprint density at radius 3 is 2.10 bits per heavy atom. The van der Waals surface area contributed by atoms with E-state index in [0.29, 0.717) is 13.1 Å². The number of pyridine rings is 1. The van der Waals surface area contributed by atoms with Crippen LogP contribution >= 0.6 is 23.1 Å². The van der Waals surface area contributed by atoms with Crippen LogP contribution in [0.15, 0.2) is 125 Å². The zero-order valence-electron chi connectivity index (χ0n) is 27.9. The molecule has 0 unspecified atom stereocenters. The Bertz CT molecular complexity index is 2440. The van der Waals surface area contributed by atoms with Crippen LogP contribution in [0.2, 0.25) is 0 Å². The van der Waals surface area contributed by atoms with Crippen LogP contribution in [0.25, 0.3) is 37.8 Å². The molecule has 264 valence electrons. The second-order valence-electron chi connectivity index (χ2n) is 12.0. The molecule has 4 aromatic carbocycles.